The van der Waals surface area contributed by atoms with Crippen LogP contribution in [0.4, 0.5) is 5.13 Å². The van der Waals surface area contributed by atoms with Gasteiger partial charge >= 0.3 is 0 Å². The Morgan fingerprint density at radius 2 is 1.76 bits per heavy atom. The van der Waals surface area contributed by atoms with E-state index < -0.39 is 0 Å². The lowest BCUT2D eigenvalue weighted by Gasteiger charge is -2.34. The molecule has 0 spiro atoms. The van der Waals surface area contributed by atoms with E-state index in [4.69, 9.17) is 4.74 Å². The van der Waals surface area contributed by atoms with Crippen LogP contribution < -0.4 is 10.1 Å². The molecular formula is C25H28N4O3S. The first-order valence-electron chi connectivity index (χ1n) is 11.3. The third-order valence-electron chi connectivity index (χ3n) is 5.89. The molecule has 1 aliphatic carbocycles. The van der Waals surface area contributed by atoms with Crippen LogP contribution in [0.5, 0.6) is 5.75 Å². The van der Waals surface area contributed by atoms with Crippen molar-refractivity contribution < 1.29 is 14.3 Å². The Kier molecular flexibility index (Phi) is 7.67. The predicted molar refractivity (Wildman–Crippen MR) is 129 cm³/mol. The molecule has 1 fully saturated rings. The summed E-state index contributed by atoms with van der Waals surface area (Å²) >= 11 is 1.33. The van der Waals surface area contributed by atoms with E-state index in [0.29, 0.717) is 23.0 Å². The van der Waals surface area contributed by atoms with E-state index in [1.165, 1.54) is 17.8 Å². The van der Waals surface area contributed by atoms with Crippen molar-refractivity contribution in [3.8, 4) is 16.3 Å². The van der Waals surface area contributed by atoms with Gasteiger partial charge in [-0.2, -0.15) is 0 Å². The number of benzene rings is 2. The molecule has 1 aliphatic rings. The number of rotatable bonds is 8. The lowest BCUT2D eigenvalue weighted by Crippen LogP contribution is -2.43. The van der Waals surface area contributed by atoms with Gasteiger partial charge in [0.1, 0.15) is 10.8 Å². The van der Waals surface area contributed by atoms with Crippen LogP contribution in [-0.4, -0.2) is 46.6 Å². The minimum Gasteiger partial charge on any atom is -0.496 e. The number of nitrogens with one attached hydrogen (secondary N) is 1. The van der Waals surface area contributed by atoms with Crippen molar-refractivity contribution in [2.24, 2.45) is 0 Å². The van der Waals surface area contributed by atoms with Crippen LogP contribution in [0.15, 0.2) is 54.6 Å². The fourth-order valence-corrected chi connectivity index (χ4v) is 4.96. The monoisotopic (exact) mass is 464 g/mol. The molecule has 0 unspecified atom stereocenters. The fraction of sp³-hybridized carbons (Fsp3) is 0.360. The van der Waals surface area contributed by atoms with E-state index in [1.807, 2.05) is 47.4 Å². The molecule has 1 N–H and O–H groups in total. The third kappa shape index (κ3) is 5.76. The Morgan fingerprint density at radius 1 is 1.03 bits per heavy atom. The molecule has 7 nitrogen and oxygen atoms in total. The smallest absolute Gasteiger partial charge is 0.257 e. The number of aromatic nitrogens is 2. The van der Waals surface area contributed by atoms with Gasteiger partial charge in [-0.1, -0.05) is 73.1 Å². The van der Waals surface area contributed by atoms with Crippen LogP contribution in [0.1, 0.15) is 48.9 Å². The molecule has 1 heterocycles. The molecule has 0 atom stereocenters. The van der Waals surface area contributed by atoms with Gasteiger partial charge in [0, 0.05) is 24.6 Å². The molecule has 2 aromatic carbocycles. The van der Waals surface area contributed by atoms with Gasteiger partial charge in [-0.05, 0) is 25.0 Å². The number of hydrogen-bond donors (Lipinski definition) is 1. The van der Waals surface area contributed by atoms with E-state index in [-0.39, 0.29) is 24.3 Å². The van der Waals surface area contributed by atoms with Crippen molar-refractivity contribution in [3.05, 3.63) is 60.2 Å². The highest BCUT2D eigenvalue weighted by Crippen LogP contribution is 2.28. The molecule has 8 heteroatoms. The quantitative estimate of drug-likeness (QED) is 0.506. The summed E-state index contributed by atoms with van der Waals surface area (Å²) in [6, 6.07) is 17.1. The lowest BCUT2D eigenvalue weighted by atomic mass is 9.93. The third-order valence-corrected chi connectivity index (χ3v) is 6.77. The summed E-state index contributed by atoms with van der Waals surface area (Å²) in [5, 5.41) is 12.3. The average molecular weight is 465 g/mol. The van der Waals surface area contributed by atoms with Gasteiger partial charge in [0.15, 0.2) is 0 Å². The number of carbonyl (C=O) groups is 2. The number of hydrogen-bond acceptors (Lipinski definition) is 6. The standard InChI is InChI=1S/C25H28N4O3S/c1-32-21-15-9-8-14-20(21)24(31)29(19-12-6-3-7-13-19)17-16-22(30)26-25-28-27-23(33-25)18-10-4-2-5-11-18/h2,4-5,8-11,14-15,19H,3,6-7,12-13,16-17H2,1H3,(H,26,28,30). The second-order valence-electron chi connectivity index (χ2n) is 8.07. The number of methoxy groups -OCH3 is 1. The SMILES string of the molecule is COc1ccccc1C(=O)N(CCC(=O)Nc1nnc(-c2ccccc2)s1)C1CCCCC1. The summed E-state index contributed by atoms with van der Waals surface area (Å²) in [5.74, 6) is 0.281. The normalized spacial score (nSPS) is 14.0. The molecule has 1 aromatic heterocycles. The summed E-state index contributed by atoms with van der Waals surface area (Å²) in [6.45, 7) is 0.345. The van der Waals surface area contributed by atoms with E-state index in [0.717, 1.165) is 36.3 Å². The van der Waals surface area contributed by atoms with E-state index in [2.05, 4.69) is 15.5 Å². The first-order chi connectivity index (χ1) is 16.2. The number of amides is 2. The van der Waals surface area contributed by atoms with Crippen molar-refractivity contribution in [1.29, 1.82) is 0 Å². The minimum atomic E-state index is -0.181. The van der Waals surface area contributed by atoms with Gasteiger partial charge in [0.2, 0.25) is 11.0 Å². The largest absolute Gasteiger partial charge is 0.496 e. The van der Waals surface area contributed by atoms with Crippen LogP contribution in [0.3, 0.4) is 0 Å². The Morgan fingerprint density at radius 3 is 2.52 bits per heavy atom. The number of ether oxygens (including phenoxy) is 1. The molecule has 33 heavy (non-hydrogen) atoms. The zero-order chi connectivity index (χ0) is 23.0. The van der Waals surface area contributed by atoms with Crippen molar-refractivity contribution in [2.75, 3.05) is 19.0 Å². The maximum atomic E-state index is 13.4. The molecular weight excluding hydrogens is 436 g/mol. The van der Waals surface area contributed by atoms with Gasteiger partial charge in [-0.25, -0.2) is 0 Å². The molecule has 3 aromatic rings. The van der Waals surface area contributed by atoms with Crippen LogP contribution in [0.25, 0.3) is 10.6 Å². The van der Waals surface area contributed by atoms with Gasteiger partial charge in [0.25, 0.3) is 5.91 Å². The maximum absolute atomic E-state index is 13.4. The summed E-state index contributed by atoms with van der Waals surface area (Å²) < 4.78 is 5.41. The summed E-state index contributed by atoms with van der Waals surface area (Å²) in [6.07, 6.45) is 5.49. The highest BCUT2D eigenvalue weighted by Gasteiger charge is 2.28. The molecule has 0 saturated heterocycles. The molecule has 1 saturated carbocycles. The van der Waals surface area contributed by atoms with Crippen LogP contribution in [0.2, 0.25) is 0 Å². The number of anilines is 1. The van der Waals surface area contributed by atoms with Gasteiger partial charge in [-0.15, -0.1) is 10.2 Å². The second kappa shape index (κ2) is 11.0. The Labute approximate surface area is 197 Å². The van der Waals surface area contributed by atoms with Gasteiger partial charge in [0.05, 0.1) is 12.7 Å². The molecule has 172 valence electrons. The minimum absolute atomic E-state index is 0.0885. The first-order valence-corrected chi connectivity index (χ1v) is 12.1. The second-order valence-corrected chi connectivity index (χ2v) is 9.04. The van der Waals surface area contributed by atoms with Crippen LogP contribution in [0, 0.1) is 0 Å². The topological polar surface area (TPSA) is 84.4 Å². The number of para-hydroxylation sites is 1. The Hall–Kier alpha value is -3.26. The Bertz CT molecular complexity index is 1080. The summed E-state index contributed by atoms with van der Waals surface area (Å²) in [5.41, 5.74) is 1.49. The molecule has 0 aliphatic heterocycles. The van der Waals surface area contributed by atoms with E-state index >= 15 is 0 Å². The van der Waals surface area contributed by atoms with E-state index in [1.54, 1.807) is 19.2 Å². The van der Waals surface area contributed by atoms with Crippen molar-refractivity contribution >= 4 is 28.3 Å². The molecule has 0 radical (unpaired) electrons. The molecule has 4 rings (SSSR count). The van der Waals surface area contributed by atoms with Gasteiger partial charge < -0.3 is 15.0 Å². The van der Waals surface area contributed by atoms with Crippen LogP contribution >= 0.6 is 11.3 Å². The fourth-order valence-electron chi connectivity index (χ4n) is 4.19. The summed E-state index contributed by atoms with van der Waals surface area (Å²) in [4.78, 5) is 28.0. The molecule has 2 amide bonds. The van der Waals surface area contributed by atoms with Crippen molar-refractivity contribution in [2.45, 2.75) is 44.6 Å². The Balaban J connectivity index is 1.43. The number of carbonyl (C=O) groups excluding carboxylic acids is 2. The van der Waals surface area contributed by atoms with Crippen molar-refractivity contribution in [1.82, 2.24) is 15.1 Å². The first kappa shape index (κ1) is 22.9. The average Bonchev–Trinajstić information content (AvgIpc) is 3.33. The molecule has 0 bridgehead atoms. The van der Waals surface area contributed by atoms with Gasteiger partial charge in [-0.3, -0.25) is 9.59 Å². The lowest BCUT2D eigenvalue weighted by molar-refractivity contribution is -0.116. The maximum Gasteiger partial charge on any atom is 0.257 e. The summed E-state index contributed by atoms with van der Waals surface area (Å²) in [7, 11) is 1.57. The zero-order valence-electron chi connectivity index (χ0n) is 18.7. The predicted octanol–water partition coefficient (Wildman–Crippen LogP) is 5.02. The van der Waals surface area contributed by atoms with Crippen LogP contribution in [-0.2, 0) is 4.79 Å². The number of nitrogens with zero attached hydrogens (tertiary/aromatic N) is 3. The zero-order valence-corrected chi connectivity index (χ0v) is 19.5. The van der Waals surface area contributed by atoms with E-state index in [9.17, 15) is 9.59 Å². The highest BCUT2D eigenvalue weighted by molar-refractivity contribution is 7.18. The van der Waals surface area contributed by atoms with Crippen molar-refractivity contribution in [3.63, 3.8) is 0 Å². The highest BCUT2D eigenvalue weighted by atomic mass is 32.1.